The molecule has 0 amide bonds. The Hall–Kier alpha value is -3.61. The van der Waals surface area contributed by atoms with Gasteiger partial charge in [-0.2, -0.15) is 4.80 Å². The molecule has 2 aromatic heterocycles. The Morgan fingerprint density at radius 2 is 1.56 bits per heavy atom. The van der Waals surface area contributed by atoms with Crippen molar-refractivity contribution in [2.75, 3.05) is 0 Å². The molecule has 2 heterocycles. The lowest BCUT2D eigenvalue weighted by Crippen LogP contribution is -2.30. The first kappa shape index (κ1) is 21.6. The number of tetrazole rings is 1. The summed E-state index contributed by atoms with van der Waals surface area (Å²) in [5.74, 6) is 2.50. The quantitative estimate of drug-likeness (QED) is 0.405. The van der Waals surface area contributed by atoms with Crippen LogP contribution in [0.2, 0.25) is 0 Å². The van der Waals surface area contributed by atoms with E-state index in [1.165, 1.54) is 11.1 Å². The van der Waals surface area contributed by atoms with Crippen molar-refractivity contribution in [1.82, 2.24) is 30.2 Å². The third-order valence-corrected chi connectivity index (χ3v) is 6.07. The maximum Gasteiger partial charge on any atom is 0.204 e. The van der Waals surface area contributed by atoms with Gasteiger partial charge in [0.05, 0.1) is 6.54 Å². The highest BCUT2D eigenvalue weighted by atomic mass is 16.5. The highest BCUT2D eigenvalue weighted by Crippen LogP contribution is 2.40. The standard InChI is InChI=1S/C25H28N6O/c1-5-31-29-24(28-30-31)19-7-9-20(10-8-19)25(4,18(2)3)21-11-13-22(14-12-21)32-17-23-26-15-6-16-27-23/h6-16,18H,5,17H2,1-4H3. The van der Waals surface area contributed by atoms with Crippen LogP contribution in [-0.4, -0.2) is 30.2 Å². The molecule has 4 rings (SSSR count). The molecule has 0 radical (unpaired) electrons. The first-order valence-electron chi connectivity index (χ1n) is 10.9. The van der Waals surface area contributed by atoms with Crippen molar-refractivity contribution >= 4 is 0 Å². The van der Waals surface area contributed by atoms with Gasteiger partial charge in [0.15, 0.2) is 5.82 Å². The zero-order chi connectivity index (χ0) is 22.6. The molecule has 4 aromatic rings. The third kappa shape index (κ3) is 4.37. The molecule has 1 unspecified atom stereocenters. The molecule has 0 aliphatic heterocycles. The van der Waals surface area contributed by atoms with Gasteiger partial charge < -0.3 is 4.74 Å². The number of benzene rings is 2. The van der Waals surface area contributed by atoms with Crippen LogP contribution in [0.1, 0.15) is 44.6 Å². The maximum absolute atomic E-state index is 5.86. The van der Waals surface area contributed by atoms with Gasteiger partial charge in [-0.1, -0.05) is 57.2 Å². The van der Waals surface area contributed by atoms with Gasteiger partial charge in [-0.25, -0.2) is 9.97 Å². The average molecular weight is 429 g/mol. The van der Waals surface area contributed by atoms with Gasteiger partial charge in [-0.15, -0.1) is 10.2 Å². The predicted octanol–water partition coefficient (Wildman–Crippen LogP) is 4.69. The molecule has 0 N–H and O–H groups in total. The van der Waals surface area contributed by atoms with Gasteiger partial charge in [-0.05, 0) is 47.4 Å². The summed E-state index contributed by atoms with van der Waals surface area (Å²) in [6, 6.07) is 18.6. The van der Waals surface area contributed by atoms with Crippen molar-refractivity contribution in [3.8, 4) is 17.1 Å². The topological polar surface area (TPSA) is 78.6 Å². The fourth-order valence-electron chi connectivity index (χ4n) is 3.74. The maximum atomic E-state index is 5.86. The van der Waals surface area contributed by atoms with Crippen LogP contribution in [0.3, 0.4) is 0 Å². The molecule has 0 saturated heterocycles. The fourth-order valence-corrected chi connectivity index (χ4v) is 3.74. The lowest BCUT2D eigenvalue weighted by atomic mass is 9.68. The van der Waals surface area contributed by atoms with Gasteiger partial charge in [-0.3, -0.25) is 0 Å². The number of nitrogens with zero attached hydrogens (tertiary/aromatic N) is 6. The summed E-state index contributed by atoms with van der Waals surface area (Å²) < 4.78 is 5.86. The molecule has 7 nitrogen and oxygen atoms in total. The van der Waals surface area contributed by atoms with E-state index in [-0.39, 0.29) is 5.41 Å². The molecule has 0 aliphatic rings. The van der Waals surface area contributed by atoms with E-state index in [2.05, 4.69) is 82.5 Å². The van der Waals surface area contributed by atoms with E-state index in [1.54, 1.807) is 23.3 Å². The van der Waals surface area contributed by atoms with Crippen LogP contribution >= 0.6 is 0 Å². The van der Waals surface area contributed by atoms with Crippen LogP contribution in [0.15, 0.2) is 67.0 Å². The van der Waals surface area contributed by atoms with Crippen LogP contribution in [0, 0.1) is 5.92 Å². The summed E-state index contributed by atoms with van der Waals surface area (Å²) in [6.07, 6.45) is 3.44. The van der Waals surface area contributed by atoms with Crippen LogP contribution in [0.5, 0.6) is 5.75 Å². The second-order valence-electron chi connectivity index (χ2n) is 8.21. The Bertz CT molecular complexity index is 1140. The van der Waals surface area contributed by atoms with Gasteiger partial charge in [0.25, 0.3) is 0 Å². The van der Waals surface area contributed by atoms with E-state index in [4.69, 9.17) is 4.74 Å². The smallest absolute Gasteiger partial charge is 0.204 e. The van der Waals surface area contributed by atoms with Crippen LogP contribution < -0.4 is 4.74 Å². The zero-order valence-electron chi connectivity index (χ0n) is 18.9. The molecular weight excluding hydrogens is 400 g/mol. The van der Waals surface area contributed by atoms with E-state index in [0.717, 1.165) is 11.3 Å². The summed E-state index contributed by atoms with van der Waals surface area (Å²) in [4.78, 5) is 9.99. The SMILES string of the molecule is CCn1nnc(-c2ccc(C(C)(c3ccc(OCc4ncccn4)cc3)C(C)C)cc2)n1. The van der Waals surface area contributed by atoms with Crippen LogP contribution in [0.25, 0.3) is 11.4 Å². The fraction of sp³-hybridized carbons (Fsp3) is 0.320. The van der Waals surface area contributed by atoms with Crippen molar-refractivity contribution in [3.63, 3.8) is 0 Å². The second-order valence-corrected chi connectivity index (χ2v) is 8.21. The molecule has 1 atom stereocenters. The summed E-state index contributed by atoms with van der Waals surface area (Å²) in [7, 11) is 0. The molecular formula is C25H28N6O. The normalized spacial score (nSPS) is 13.2. The van der Waals surface area contributed by atoms with Crippen molar-refractivity contribution in [2.45, 2.75) is 46.3 Å². The summed E-state index contributed by atoms with van der Waals surface area (Å²) in [5, 5.41) is 12.6. The third-order valence-electron chi connectivity index (χ3n) is 6.07. The minimum absolute atomic E-state index is 0.159. The van der Waals surface area contributed by atoms with E-state index in [0.29, 0.717) is 30.7 Å². The Labute approximate surface area is 188 Å². The van der Waals surface area contributed by atoms with Crippen molar-refractivity contribution in [2.24, 2.45) is 5.92 Å². The molecule has 2 aromatic carbocycles. The Kier molecular flexibility index (Phi) is 6.25. The number of aryl methyl sites for hydroxylation is 1. The highest BCUT2D eigenvalue weighted by molar-refractivity contribution is 5.56. The molecule has 7 heteroatoms. The number of hydrogen-bond acceptors (Lipinski definition) is 6. The minimum atomic E-state index is -0.159. The van der Waals surface area contributed by atoms with Crippen molar-refractivity contribution in [1.29, 1.82) is 0 Å². The Balaban J connectivity index is 1.55. The van der Waals surface area contributed by atoms with Gasteiger partial charge >= 0.3 is 0 Å². The summed E-state index contributed by atoms with van der Waals surface area (Å²) in [6.45, 7) is 9.83. The lowest BCUT2D eigenvalue weighted by Gasteiger charge is -2.35. The lowest BCUT2D eigenvalue weighted by molar-refractivity contribution is 0.295. The first-order chi connectivity index (χ1) is 15.5. The number of aromatic nitrogens is 6. The average Bonchev–Trinajstić information content (AvgIpc) is 3.33. The molecule has 32 heavy (non-hydrogen) atoms. The molecule has 0 aliphatic carbocycles. The van der Waals surface area contributed by atoms with Gasteiger partial charge in [0.1, 0.15) is 12.4 Å². The summed E-state index contributed by atoms with van der Waals surface area (Å²) >= 11 is 0. The number of rotatable bonds is 8. The summed E-state index contributed by atoms with van der Waals surface area (Å²) in [5.41, 5.74) is 3.28. The number of hydrogen-bond donors (Lipinski definition) is 0. The van der Waals surface area contributed by atoms with Gasteiger partial charge in [0, 0.05) is 23.4 Å². The largest absolute Gasteiger partial charge is 0.486 e. The molecule has 0 bridgehead atoms. The van der Waals surface area contributed by atoms with Crippen molar-refractivity contribution < 1.29 is 4.74 Å². The Morgan fingerprint density at radius 3 is 2.12 bits per heavy atom. The monoisotopic (exact) mass is 428 g/mol. The molecule has 164 valence electrons. The van der Waals surface area contributed by atoms with E-state index < -0.39 is 0 Å². The predicted molar refractivity (Wildman–Crippen MR) is 123 cm³/mol. The van der Waals surface area contributed by atoms with Crippen LogP contribution in [0.4, 0.5) is 0 Å². The van der Waals surface area contributed by atoms with Crippen LogP contribution in [-0.2, 0) is 18.6 Å². The molecule has 0 spiro atoms. The van der Waals surface area contributed by atoms with E-state index in [9.17, 15) is 0 Å². The molecule has 0 fully saturated rings. The van der Waals surface area contributed by atoms with E-state index >= 15 is 0 Å². The minimum Gasteiger partial charge on any atom is -0.486 e. The molecule has 0 saturated carbocycles. The van der Waals surface area contributed by atoms with Crippen molar-refractivity contribution in [3.05, 3.63) is 83.9 Å². The van der Waals surface area contributed by atoms with E-state index in [1.807, 2.05) is 19.1 Å². The van der Waals surface area contributed by atoms with Gasteiger partial charge in [0.2, 0.25) is 5.82 Å². The Morgan fingerprint density at radius 1 is 0.938 bits per heavy atom. The number of ether oxygens (including phenoxy) is 1. The zero-order valence-corrected chi connectivity index (χ0v) is 18.9. The second kappa shape index (κ2) is 9.26. The first-order valence-corrected chi connectivity index (χ1v) is 10.9. The highest BCUT2D eigenvalue weighted by Gasteiger charge is 2.32.